The molecule has 4 aromatic rings. The predicted octanol–water partition coefficient (Wildman–Crippen LogP) is 5.50. The van der Waals surface area contributed by atoms with E-state index in [0.29, 0.717) is 10.8 Å². The lowest BCUT2D eigenvalue weighted by Crippen LogP contribution is -2.31. The molecule has 1 saturated heterocycles. The van der Waals surface area contributed by atoms with Crippen LogP contribution in [0.5, 0.6) is 0 Å². The summed E-state index contributed by atoms with van der Waals surface area (Å²) in [6.45, 7) is 2.08. The van der Waals surface area contributed by atoms with Crippen molar-refractivity contribution in [3.8, 4) is 5.69 Å². The molecular weight excluding hydrogens is 407 g/mol. The Morgan fingerprint density at radius 2 is 1.65 bits per heavy atom. The van der Waals surface area contributed by atoms with Crippen LogP contribution in [0.15, 0.2) is 91.3 Å². The van der Waals surface area contributed by atoms with Gasteiger partial charge in [-0.2, -0.15) is 0 Å². The van der Waals surface area contributed by atoms with Gasteiger partial charge in [0, 0.05) is 23.8 Å². The highest BCUT2D eigenvalue weighted by molar-refractivity contribution is 7.80. The molecule has 0 spiro atoms. The summed E-state index contributed by atoms with van der Waals surface area (Å²) in [6, 6.07) is 24.3. The molecule has 5 rings (SSSR count). The van der Waals surface area contributed by atoms with Crippen LogP contribution in [0.2, 0.25) is 0 Å². The van der Waals surface area contributed by atoms with E-state index in [4.69, 9.17) is 12.2 Å². The maximum atomic E-state index is 14.9. The summed E-state index contributed by atoms with van der Waals surface area (Å²) in [7, 11) is 0. The molecular formula is C25H21FN4S. The minimum atomic E-state index is -0.313. The van der Waals surface area contributed by atoms with Crippen molar-refractivity contribution in [2.75, 3.05) is 4.90 Å². The predicted molar refractivity (Wildman–Crippen MR) is 125 cm³/mol. The van der Waals surface area contributed by atoms with E-state index in [0.717, 1.165) is 22.6 Å². The number of rotatable bonds is 4. The van der Waals surface area contributed by atoms with Crippen molar-refractivity contribution in [2.24, 2.45) is 0 Å². The molecule has 0 amide bonds. The smallest absolute Gasteiger partial charge is 0.174 e. The summed E-state index contributed by atoms with van der Waals surface area (Å²) >= 11 is 5.71. The standard InChI is InChI=1S/C25H21FN4S/c1-17-9-2-4-12-20(17)29-16-8-14-22(29)24-23(19-11-6-7-15-27-19)28-25(31)30(24)21-13-5-3-10-18(21)26/h2-16,23-24H,1H3,(H,28,31)/t23-,24+/m1/s1. The van der Waals surface area contributed by atoms with Gasteiger partial charge < -0.3 is 14.8 Å². The fourth-order valence-corrected chi connectivity index (χ4v) is 4.59. The second-order valence-electron chi connectivity index (χ2n) is 7.54. The zero-order valence-electron chi connectivity index (χ0n) is 16.9. The van der Waals surface area contributed by atoms with Gasteiger partial charge in [-0.25, -0.2) is 4.39 Å². The van der Waals surface area contributed by atoms with Gasteiger partial charge in [0.05, 0.1) is 17.4 Å². The Labute approximate surface area is 186 Å². The molecule has 0 saturated carbocycles. The molecule has 1 fully saturated rings. The molecule has 4 nitrogen and oxygen atoms in total. The van der Waals surface area contributed by atoms with Crippen molar-refractivity contribution in [3.05, 3.63) is 114 Å². The van der Waals surface area contributed by atoms with Crippen LogP contribution in [0, 0.1) is 12.7 Å². The lowest BCUT2D eigenvalue weighted by molar-refractivity contribution is 0.541. The van der Waals surface area contributed by atoms with Crippen LogP contribution in [0.4, 0.5) is 10.1 Å². The molecule has 0 radical (unpaired) electrons. The first-order valence-corrected chi connectivity index (χ1v) is 10.5. The van der Waals surface area contributed by atoms with Crippen molar-refractivity contribution < 1.29 is 4.39 Å². The molecule has 3 heterocycles. The summed E-state index contributed by atoms with van der Waals surface area (Å²) in [6.07, 6.45) is 3.80. The number of thiocarbonyl (C=S) groups is 1. The number of aryl methyl sites for hydroxylation is 1. The maximum Gasteiger partial charge on any atom is 0.174 e. The molecule has 31 heavy (non-hydrogen) atoms. The quantitative estimate of drug-likeness (QED) is 0.435. The molecule has 1 aliphatic rings. The monoisotopic (exact) mass is 428 g/mol. The Morgan fingerprint density at radius 1 is 0.903 bits per heavy atom. The number of hydrogen-bond acceptors (Lipinski definition) is 2. The second kappa shape index (κ2) is 7.96. The fraction of sp³-hybridized carbons (Fsp3) is 0.120. The third-order valence-electron chi connectivity index (χ3n) is 5.67. The minimum Gasteiger partial charge on any atom is -0.351 e. The van der Waals surface area contributed by atoms with Gasteiger partial charge in [0.25, 0.3) is 0 Å². The average molecular weight is 429 g/mol. The lowest BCUT2D eigenvalue weighted by Gasteiger charge is -2.29. The van der Waals surface area contributed by atoms with Crippen LogP contribution in [-0.2, 0) is 0 Å². The van der Waals surface area contributed by atoms with Crippen molar-refractivity contribution in [1.82, 2.24) is 14.9 Å². The number of nitrogens with zero attached hydrogens (tertiary/aromatic N) is 3. The number of nitrogens with one attached hydrogen (secondary N) is 1. The van der Waals surface area contributed by atoms with Crippen LogP contribution in [0.1, 0.15) is 29.0 Å². The van der Waals surface area contributed by atoms with Crippen LogP contribution in [-0.4, -0.2) is 14.7 Å². The van der Waals surface area contributed by atoms with Crippen molar-refractivity contribution in [3.63, 3.8) is 0 Å². The average Bonchev–Trinajstić information content (AvgIpc) is 3.39. The summed E-state index contributed by atoms with van der Waals surface area (Å²) in [5, 5.41) is 3.87. The van der Waals surface area contributed by atoms with Gasteiger partial charge in [0.15, 0.2) is 5.11 Å². The molecule has 2 aromatic carbocycles. The second-order valence-corrected chi connectivity index (χ2v) is 7.92. The van der Waals surface area contributed by atoms with Gasteiger partial charge in [0.2, 0.25) is 0 Å². The van der Waals surface area contributed by atoms with Gasteiger partial charge in [-0.1, -0.05) is 36.4 Å². The third-order valence-corrected chi connectivity index (χ3v) is 5.98. The molecule has 1 aliphatic heterocycles. The highest BCUT2D eigenvalue weighted by Gasteiger charge is 2.43. The summed E-state index contributed by atoms with van der Waals surface area (Å²) in [4.78, 5) is 6.44. The number of anilines is 1. The van der Waals surface area contributed by atoms with E-state index in [1.807, 2.05) is 53.6 Å². The van der Waals surface area contributed by atoms with Gasteiger partial charge in [-0.05, 0) is 67.2 Å². The van der Waals surface area contributed by atoms with E-state index < -0.39 is 0 Å². The van der Waals surface area contributed by atoms with E-state index in [1.165, 1.54) is 6.07 Å². The topological polar surface area (TPSA) is 33.1 Å². The zero-order chi connectivity index (χ0) is 21.4. The van der Waals surface area contributed by atoms with Gasteiger partial charge >= 0.3 is 0 Å². The zero-order valence-corrected chi connectivity index (χ0v) is 17.8. The van der Waals surface area contributed by atoms with Crippen molar-refractivity contribution >= 4 is 23.0 Å². The highest BCUT2D eigenvalue weighted by Crippen LogP contribution is 2.43. The fourth-order valence-electron chi connectivity index (χ4n) is 4.25. The third kappa shape index (κ3) is 3.39. The van der Waals surface area contributed by atoms with Crippen LogP contribution in [0.25, 0.3) is 5.69 Å². The highest BCUT2D eigenvalue weighted by atomic mass is 32.1. The first kappa shape index (κ1) is 19.5. The molecule has 1 N–H and O–H groups in total. The van der Waals surface area contributed by atoms with Crippen molar-refractivity contribution in [1.29, 1.82) is 0 Å². The lowest BCUT2D eigenvalue weighted by atomic mass is 10.0. The summed E-state index contributed by atoms with van der Waals surface area (Å²) in [5.41, 5.74) is 4.53. The van der Waals surface area contributed by atoms with E-state index in [1.54, 1.807) is 18.3 Å². The van der Waals surface area contributed by atoms with E-state index in [-0.39, 0.29) is 17.9 Å². The van der Waals surface area contributed by atoms with Crippen LogP contribution in [0.3, 0.4) is 0 Å². The Hall–Kier alpha value is -3.51. The Morgan fingerprint density at radius 3 is 2.39 bits per heavy atom. The van der Waals surface area contributed by atoms with E-state index >= 15 is 0 Å². The SMILES string of the molecule is Cc1ccccc1-n1cccc1[C@H]1[C@@H](c2ccccn2)NC(=S)N1c1ccccc1F. The Bertz CT molecular complexity index is 1240. The molecule has 154 valence electrons. The molecule has 0 unspecified atom stereocenters. The van der Waals surface area contributed by atoms with E-state index in [9.17, 15) is 4.39 Å². The molecule has 2 atom stereocenters. The number of benzene rings is 2. The molecule has 0 aliphatic carbocycles. The first-order chi connectivity index (χ1) is 15.1. The first-order valence-electron chi connectivity index (χ1n) is 10.1. The molecule has 6 heteroatoms. The van der Waals surface area contributed by atoms with Gasteiger partial charge in [0.1, 0.15) is 11.9 Å². The van der Waals surface area contributed by atoms with Crippen molar-refractivity contribution in [2.45, 2.75) is 19.0 Å². The van der Waals surface area contributed by atoms with Crippen LogP contribution >= 0.6 is 12.2 Å². The number of halogens is 1. The normalized spacial score (nSPS) is 18.3. The summed E-state index contributed by atoms with van der Waals surface area (Å²) in [5.74, 6) is -0.313. The maximum absolute atomic E-state index is 14.9. The van der Waals surface area contributed by atoms with Crippen LogP contribution < -0.4 is 10.2 Å². The molecule has 0 bridgehead atoms. The molecule has 2 aromatic heterocycles. The number of pyridine rings is 1. The Balaban J connectivity index is 1.71. The Kier molecular flexibility index (Phi) is 5.00. The number of aromatic nitrogens is 2. The minimum absolute atomic E-state index is 0.231. The van der Waals surface area contributed by atoms with Gasteiger partial charge in [-0.3, -0.25) is 4.98 Å². The summed E-state index contributed by atoms with van der Waals surface area (Å²) < 4.78 is 17.0. The number of para-hydroxylation sites is 2. The van der Waals surface area contributed by atoms with Gasteiger partial charge in [-0.15, -0.1) is 0 Å². The number of hydrogen-bond donors (Lipinski definition) is 1. The largest absolute Gasteiger partial charge is 0.351 e. The van der Waals surface area contributed by atoms with E-state index in [2.05, 4.69) is 40.0 Å².